The van der Waals surface area contributed by atoms with Gasteiger partial charge in [-0.25, -0.2) is 4.79 Å². The molecule has 0 saturated carbocycles. The van der Waals surface area contributed by atoms with Gasteiger partial charge >= 0.3 is 5.97 Å². The largest absolute Gasteiger partial charge is 0.476 e. The SMILES string of the molecule is Cc1cc(-c2ccc(-c3ccc(-c4nn[nH]c4C(=O)O)cc3)cc2)nn1C. The summed E-state index contributed by atoms with van der Waals surface area (Å²) in [6.07, 6.45) is 0. The van der Waals surface area contributed by atoms with Crippen LogP contribution in [0.25, 0.3) is 33.6 Å². The van der Waals surface area contributed by atoms with Crippen molar-refractivity contribution in [2.45, 2.75) is 6.92 Å². The van der Waals surface area contributed by atoms with E-state index >= 15 is 0 Å². The first kappa shape index (κ1) is 16.7. The zero-order chi connectivity index (χ0) is 19.0. The van der Waals surface area contributed by atoms with Crippen LogP contribution in [-0.4, -0.2) is 36.3 Å². The molecule has 4 aromatic rings. The summed E-state index contributed by atoms with van der Waals surface area (Å²) in [6.45, 7) is 2.02. The van der Waals surface area contributed by atoms with Gasteiger partial charge in [-0.05, 0) is 24.1 Å². The van der Waals surface area contributed by atoms with E-state index in [1.807, 2.05) is 67.2 Å². The molecule has 0 radical (unpaired) electrons. The van der Waals surface area contributed by atoms with Gasteiger partial charge in [-0.15, -0.1) is 5.10 Å². The Balaban J connectivity index is 1.60. The maximum atomic E-state index is 11.2. The molecule has 0 unspecified atom stereocenters. The van der Waals surface area contributed by atoms with Crippen LogP contribution in [0.3, 0.4) is 0 Å². The van der Waals surface area contributed by atoms with Gasteiger partial charge in [0, 0.05) is 23.9 Å². The smallest absolute Gasteiger partial charge is 0.356 e. The van der Waals surface area contributed by atoms with E-state index in [-0.39, 0.29) is 5.69 Å². The molecule has 0 amide bonds. The molecule has 0 bridgehead atoms. The van der Waals surface area contributed by atoms with Crippen molar-refractivity contribution in [1.82, 2.24) is 25.2 Å². The number of nitrogens with one attached hydrogen (secondary N) is 1. The Kier molecular flexibility index (Phi) is 4.04. The number of hydrogen-bond donors (Lipinski definition) is 2. The number of nitrogens with zero attached hydrogens (tertiary/aromatic N) is 4. The molecular formula is C20H17N5O2. The number of hydrogen-bond acceptors (Lipinski definition) is 4. The Morgan fingerprint density at radius 3 is 2.04 bits per heavy atom. The lowest BCUT2D eigenvalue weighted by Crippen LogP contribution is -1.99. The minimum absolute atomic E-state index is 0.0160. The normalized spacial score (nSPS) is 10.9. The second-order valence-corrected chi connectivity index (χ2v) is 6.29. The molecule has 0 spiro atoms. The van der Waals surface area contributed by atoms with E-state index in [1.165, 1.54) is 0 Å². The lowest BCUT2D eigenvalue weighted by atomic mass is 10.0. The van der Waals surface area contributed by atoms with Crippen molar-refractivity contribution in [1.29, 1.82) is 0 Å². The van der Waals surface area contributed by atoms with Gasteiger partial charge < -0.3 is 5.11 Å². The Morgan fingerprint density at radius 2 is 1.52 bits per heavy atom. The maximum absolute atomic E-state index is 11.2. The van der Waals surface area contributed by atoms with Gasteiger partial charge in [0.25, 0.3) is 0 Å². The molecule has 27 heavy (non-hydrogen) atoms. The number of aromatic nitrogens is 5. The average molecular weight is 359 g/mol. The lowest BCUT2D eigenvalue weighted by Gasteiger charge is -2.05. The first-order chi connectivity index (χ1) is 13.0. The van der Waals surface area contributed by atoms with Crippen LogP contribution in [0.2, 0.25) is 0 Å². The number of benzene rings is 2. The molecule has 0 atom stereocenters. The molecule has 0 aliphatic rings. The average Bonchev–Trinajstić information content (AvgIpc) is 3.29. The van der Waals surface area contributed by atoms with Crippen LogP contribution >= 0.6 is 0 Å². The summed E-state index contributed by atoms with van der Waals surface area (Å²) >= 11 is 0. The standard InChI is InChI=1S/C20H17N5O2/c1-12-11-17(23-25(12)2)15-7-3-13(4-8-15)14-5-9-16(10-6-14)18-19(20(26)27)22-24-21-18/h3-11H,1-2H3,(H,26,27)(H,21,22,24). The number of carbonyl (C=O) groups is 1. The van der Waals surface area contributed by atoms with Crippen LogP contribution in [0.15, 0.2) is 54.6 Å². The van der Waals surface area contributed by atoms with Gasteiger partial charge in [-0.3, -0.25) is 9.78 Å². The molecule has 2 heterocycles. The molecule has 2 N–H and O–H groups in total. The highest BCUT2D eigenvalue weighted by Crippen LogP contribution is 2.27. The Bertz CT molecular complexity index is 1090. The zero-order valence-electron chi connectivity index (χ0n) is 14.8. The van der Waals surface area contributed by atoms with Crippen LogP contribution in [-0.2, 0) is 7.05 Å². The van der Waals surface area contributed by atoms with Gasteiger partial charge in [0.1, 0.15) is 5.69 Å². The Labute approximate surface area is 155 Å². The summed E-state index contributed by atoms with van der Waals surface area (Å²) in [4.78, 5) is 11.2. The minimum Gasteiger partial charge on any atom is -0.476 e. The van der Waals surface area contributed by atoms with Crippen molar-refractivity contribution in [3.05, 3.63) is 66.0 Å². The van der Waals surface area contributed by atoms with Crippen LogP contribution in [0.4, 0.5) is 0 Å². The van der Waals surface area contributed by atoms with E-state index in [4.69, 9.17) is 5.11 Å². The fraction of sp³-hybridized carbons (Fsp3) is 0.100. The molecule has 7 heteroatoms. The fourth-order valence-corrected chi connectivity index (χ4v) is 2.93. The monoisotopic (exact) mass is 359 g/mol. The highest BCUT2D eigenvalue weighted by atomic mass is 16.4. The first-order valence-electron chi connectivity index (χ1n) is 8.39. The van der Waals surface area contributed by atoms with E-state index in [9.17, 15) is 4.79 Å². The minimum atomic E-state index is -1.08. The van der Waals surface area contributed by atoms with Gasteiger partial charge in [0.15, 0.2) is 5.69 Å². The van der Waals surface area contributed by atoms with E-state index in [2.05, 4.69) is 26.6 Å². The number of aromatic carboxylic acids is 1. The predicted molar refractivity (Wildman–Crippen MR) is 101 cm³/mol. The number of aromatic amines is 1. The quantitative estimate of drug-likeness (QED) is 0.581. The summed E-state index contributed by atoms with van der Waals surface area (Å²) < 4.78 is 1.86. The molecule has 2 aromatic carbocycles. The van der Waals surface area contributed by atoms with Crippen molar-refractivity contribution < 1.29 is 9.90 Å². The van der Waals surface area contributed by atoms with Crippen LogP contribution in [0.1, 0.15) is 16.2 Å². The Morgan fingerprint density at radius 1 is 0.963 bits per heavy atom. The van der Waals surface area contributed by atoms with Crippen molar-refractivity contribution in [3.8, 4) is 33.6 Å². The number of aryl methyl sites for hydroxylation is 2. The van der Waals surface area contributed by atoms with Gasteiger partial charge in [-0.1, -0.05) is 53.7 Å². The molecule has 134 valence electrons. The molecular weight excluding hydrogens is 342 g/mol. The number of rotatable bonds is 4. The van der Waals surface area contributed by atoms with E-state index in [0.29, 0.717) is 11.3 Å². The molecule has 2 aromatic heterocycles. The summed E-state index contributed by atoms with van der Waals surface area (Å²) in [5.74, 6) is -1.08. The second-order valence-electron chi connectivity index (χ2n) is 6.29. The van der Waals surface area contributed by atoms with E-state index in [1.54, 1.807) is 0 Å². The molecule has 0 fully saturated rings. The maximum Gasteiger partial charge on any atom is 0.356 e. The third kappa shape index (κ3) is 3.10. The molecule has 4 rings (SSSR count). The summed E-state index contributed by atoms with van der Waals surface area (Å²) in [5, 5.41) is 23.5. The number of H-pyrrole nitrogens is 1. The highest BCUT2D eigenvalue weighted by molar-refractivity contribution is 5.92. The first-order valence-corrected chi connectivity index (χ1v) is 8.39. The summed E-state index contributed by atoms with van der Waals surface area (Å²) in [6, 6.07) is 17.8. The van der Waals surface area contributed by atoms with E-state index < -0.39 is 5.97 Å². The summed E-state index contributed by atoms with van der Waals surface area (Å²) in [7, 11) is 1.93. The fourth-order valence-electron chi connectivity index (χ4n) is 2.93. The summed E-state index contributed by atoms with van der Waals surface area (Å²) in [5.41, 5.74) is 6.23. The molecule has 0 aliphatic carbocycles. The highest BCUT2D eigenvalue weighted by Gasteiger charge is 2.16. The van der Waals surface area contributed by atoms with Crippen molar-refractivity contribution in [2.24, 2.45) is 7.05 Å². The zero-order valence-corrected chi connectivity index (χ0v) is 14.8. The third-order valence-electron chi connectivity index (χ3n) is 4.55. The molecule has 0 aliphatic heterocycles. The van der Waals surface area contributed by atoms with Crippen molar-refractivity contribution in [3.63, 3.8) is 0 Å². The van der Waals surface area contributed by atoms with Gasteiger partial charge in [-0.2, -0.15) is 5.10 Å². The van der Waals surface area contributed by atoms with Crippen molar-refractivity contribution >= 4 is 5.97 Å². The van der Waals surface area contributed by atoms with Crippen LogP contribution in [0.5, 0.6) is 0 Å². The van der Waals surface area contributed by atoms with Crippen LogP contribution < -0.4 is 0 Å². The predicted octanol–water partition coefficient (Wildman–Crippen LogP) is 3.55. The molecule has 0 saturated heterocycles. The molecule has 7 nitrogen and oxygen atoms in total. The third-order valence-corrected chi connectivity index (χ3v) is 4.55. The number of carboxylic acids is 1. The second kappa shape index (κ2) is 6.53. The topological polar surface area (TPSA) is 96.7 Å². The van der Waals surface area contributed by atoms with Crippen LogP contribution in [0, 0.1) is 6.92 Å². The number of carboxylic acid groups (broad SMARTS) is 1. The lowest BCUT2D eigenvalue weighted by molar-refractivity contribution is 0.0691. The van der Waals surface area contributed by atoms with Gasteiger partial charge in [0.2, 0.25) is 0 Å². The van der Waals surface area contributed by atoms with Gasteiger partial charge in [0.05, 0.1) is 5.69 Å². The Hall–Kier alpha value is -3.74. The van der Waals surface area contributed by atoms with Crippen molar-refractivity contribution in [2.75, 3.05) is 0 Å². The van der Waals surface area contributed by atoms with E-state index in [0.717, 1.165) is 28.1 Å².